The molecule has 2 aromatic carbocycles. The third kappa shape index (κ3) is 3.75. The average molecular weight is 366 g/mol. The van der Waals surface area contributed by atoms with Crippen molar-refractivity contribution in [3.05, 3.63) is 64.7 Å². The van der Waals surface area contributed by atoms with Crippen molar-refractivity contribution in [2.24, 2.45) is 0 Å². The number of fused-ring (bicyclic) bond motifs is 1. The Morgan fingerprint density at radius 1 is 1.07 bits per heavy atom. The summed E-state index contributed by atoms with van der Waals surface area (Å²) in [7, 11) is 3.58. The normalized spacial score (nSPS) is 14.3. The highest BCUT2D eigenvalue weighted by Gasteiger charge is 2.37. The molecule has 0 spiro atoms. The van der Waals surface area contributed by atoms with Crippen LogP contribution in [0.25, 0.3) is 0 Å². The molecule has 2 N–H and O–H groups in total. The smallest absolute Gasteiger partial charge is 0.303 e. The molecular formula is C21H24N3O3+. The number of amides is 2. The van der Waals surface area contributed by atoms with Gasteiger partial charge in [0.2, 0.25) is 0 Å². The number of rotatable bonds is 6. The molecule has 1 aliphatic rings. The molecule has 6 heteroatoms. The fourth-order valence-corrected chi connectivity index (χ4v) is 3.32. The average Bonchev–Trinajstić information content (AvgIpc) is 2.92. The van der Waals surface area contributed by atoms with Crippen LogP contribution in [0.2, 0.25) is 0 Å². The molecule has 0 aromatic heterocycles. The first-order chi connectivity index (χ1) is 12.9. The lowest BCUT2D eigenvalue weighted by molar-refractivity contribution is -0.892. The zero-order chi connectivity index (χ0) is 19.6. The van der Waals surface area contributed by atoms with Crippen LogP contribution in [-0.2, 0) is 17.8 Å². The molecule has 2 amide bonds. The molecule has 0 radical (unpaired) electrons. The van der Waals surface area contributed by atoms with E-state index in [9.17, 15) is 14.4 Å². The summed E-state index contributed by atoms with van der Waals surface area (Å²) in [6.45, 7) is 3.10. The molecule has 0 saturated heterocycles. The Morgan fingerprint density at radius 3 is 2.37 bits per heavy atom. The molecule has 140 valence electrons. The maximum absolute atomic E-state index is 12.4. The minimum atomic E-state index is -0.465. The van der Waals surface area contributed by atoms with Gasteiger partial charge in [-0.1, -0.05) is 25.1 Å². The SMILES string of the molecule is CCc1ccc2c(c1)C(=O)C(=O)N2C[NH+](C)Cc1ccc(C(=O)NC)cc1. The first-order valence-electron chi connectivity index (χ1n) is 9.06. The third-order valence-corrected chi connectivity index (χ3v) is 4.82. The maximum atomic E-state index is 12.4. The van der Waals surface area contributed by atoms with E-state index in [0.29, 0.717) is 30.0 Å². The number of anilines is 1. The van der Waals surface area contributed by atoms with Gasteiger partial charge < -0.3 is 10.2 Å². The van der Waals surface area contributed by atoms with E-state index in [1.54, 1.807) is 24.1 Å². The van der Waals surface area contributed by atoms with Gasteiger partial charge in [-0.3, -0.25) is 19.3 Å². The first kappa shape index (κ1) is 18.8. The van der Waals surface area contributed by atoms with Crippen LogP contribution in [0.5, 0.6) is 0 Å². The van der Waals surface area contributed by atoms with E-state index in [0.717, 1.165) is 22.4 Å². The van der Waals surface area contributed by atoms with Crippen LogP contribution in [0, 0.1) is 0 Å². The zero-order valence-corrected chi connectivity index (χ0v) is 15.8. The summed E-state index contributed by atoms with van der Waals surface area (Å²) in [5.41, 5.74) is 3.91. The number of hydrogen-bond donors (Lipinski definition) is 2. The Balaban J connectivity index is 1.71. The highest BCUT2D eigenvalue weighted by atomic mass is 16.2. The van der Waals surface area contributed by atoms with Gasteiger partial charge in [-0.2, -0.15) is 0 Å². The highest BCUT2D eigenvalue weighted by Crippen LogP contribution is 2.29. The standard InChI is InChI=1S/C21H23N3O3/c1-4-14-7-10-18-17(11-14)19(25)21(27)24(18)13-23(3)12-15-5-8-16(9-6-15)20(26)22-2/h5-11H,4,12-13H2,1-3H3,(H,22,26)/p+1. The number of aryl methyl sites for hydroxylation is 1. The Morgan fingerprint density at radius 2 is 1.74 bits per heavy atom. The first-order valence-corrected chi connectivity index (χ1v) is 9.06. The maximum Gasteiger partial charge on any atom is 0.303 e. The van der Waals surface area contributed by atoms with Gasteiger partial charge in [-0.25, -0.2) is 0 Å². The molecule has 0 bridgehead atoms. The monoisotopic (exact) mass is 366 g/mol. The van der Waals surface area contributed by atoms with Gasteiger partial charge in [0.05, 0.1) is 18.3 Å². The number of nitrogens with zero attached hydrogens (tertiary/aromatic N) is 1. The van der Waals surface area contributed by atoms with Crippen LogP contribution in [0.4, 0.5) is 5.69 Å². The molecule has 6 nitrogen and oxygen atoms in total. The van der Waals surface area contributed by atoms with Gasteiger partial charge in [0.1, 0.15) is 6.54 Å². The molecule has 1 unspecified atom stereocenters. The van der Waals surface area contributed by atoms with Gasteiger partial charge in [0, 0.05) is 18.2 Å². The summed E-state index contributed by atoms with van der Waals surface area (Å²) in [4.78, 5) is 39.0. The third-order valence-electron chi connectivity index (χ3n) is 4.82. The summed E-state index contributed by atoms with van der Waals surface area (Å²) in [6.07, 6.45) is 0.825. The molecule has 1 aliphatic heterocycles. The van der Waals surface area contributed by atoms with E-state index in [-0.39, 0.29) is 5.91 Å². The van der Waals surface area contributed by atoms with E-state index in [4.69, 9.17) is 0 Å². The van der Waals surface area contributed by atoms with Crippen molar-refractivity contribution in [1.82, 2.24) is 5.32 Å². The molecule has 1 heterocycles. The van der Waals surface area contributed by atoms with Crippen molar-refractivity contribution < 1.29 is 19.3 Å². The van der Waals surface area contributed by atoms with Crippen molar-refractivity contribution in [2.45, 2.75) is 19.9 Å². The fraction of sp³-hybridized carbons (Fsp3) is 0.286. The van der Waals surface area contributed by atoms with Crippen LogP contribution in [0.3, 0.4) is 0 Å². The summed E-state index contributed by atoms with van der Waals surface area (Å²) in [5, 5.41) is 2.60. The van der Waals surface area contributed by atoms with Crippen LogP contribution in [0.1, 0.15) is 38.8 Å². The lowest BCUT2D eigenvalue weighted by Crippen LogP contribution is -3.09. The van der Waals surface area contributed by atoms with Crippen molar-refractivity contribution in [1.29, 1.82) is 0 Å². The molecule has 0 aliphatic carbocycles. The quantitative estimate of drug-likeness (QED) is 0.744. The predicted molar refractivity (Wildman–Crippen MR) is 103 cm³/mol. The molecule has 0 saturated carbocycles. The number of hydrogen-bond acceptors (Lipinski definition) is 3. The molecule has 27 heavy (non-hydrogen) atoms. The second kappa shape index (κ2) is 7.72. The second-order valence-electron chi connectivity index (χ2n) is 6.84. The lowest BCUT2D eigenvalue weighted by Gasteiger charge is -2.22. The number of carbonyl (C=O) groups excluding carboxylic acids is 3. The second-order valence-corrected chi connectivity index (χ2v) is 6.84. The number of Topliss-reactive ketones (excluding diaryl/α,β-unsaturated/α-hetero) is 1. The number of quaternary nitrogens is 1. The molecule has 1 atom stereocenters. The number of carbonyl (C=O) groups is 3. The van der Waals surface area contributed by atoms with E-state index >= 15 is 0 Å². The number of nitrogens with one attached hydrogen (secondary N) is 2. The van der Waals surface area contributed by atoms with Gasteiger partial charge in [-0.15, -0.1) is 0 Å². The van der Waals surface area contributed by atoms with E-state index < -0.39 is 11.7 Å². The van der Waals surface area contributed by atoms with Crippen molar-refractivity contribution in [2.75, 3.05) is 25.7 Å². The van der Waals surface area contributed by atoms with E-state index in [2.05, 4.69) is 5.32 Å². The van der Waals surface area contributed by atoms with Crippen LogP contribution in [-0.4, -0.2) is 38.4 Å². The molecule has 2 aromatic rings. The zero-order valence-electron chi connectivity index (χ0n) is 15.8. The lowest BCUT2D eigenvalue weighted by atomic mass is 10.1. The van der Waals surface area contributed by atoms with E-state index in [1.165, 1.54) is 0 Å². The van der Waals surface area contributed by atoms with Crippen molar-refractivity contribution in [3.63, 3.8) is 0 Å². The van der Waals surface area contributed by atoms with Gasteiger partial charge in [0.25, 0.3) is 11.7 Å². The minimum Gasteiger partial charge on any atom is -0.355 e. The Hall–Kier alpha value is -2.99. The predicted octanol–water partition coefficient (Wildman–Crippen LogP) is 0.810. The Kier molecular flexibility index (Phi) is 5.37. The number of ketones is 1. The molecule has 3 rings (SSSR count). The summed E-state index contributed by atoms with van der Waals surface area (Å²) in [6, 6.07) is 13.0. The minimum absolute atomic E-state index is 0.119. The molecular weight excluding hydrogens is 342 g/mol. The van der Waals surface area contributed by atoms with Crippen LogP contribution < -0.4 is 15.1 Å². The summed E-state index contributed by atoms with van der Waals surface area (Å²) < 4.78 is 0. The van der Waals surface area contributed by atoms with Crippen molar-refractivity contribution >= 4 is 23.3 Å². The van der Waals surface area contributed by atoms with Crippen LogP contribution in [0.15, 0.2) is 42.5 Å². The summed E-state index contributed by atoms with van der Waals surface area (Å²) in [5.74, 6) is -1.01. The Bertz CT molecular complexity index is 890. The largest absolute Gasteiger partial charge is 0.355 e. The van der Waals surface area contributed by atoms with Gasteiger partial charge >= 0.3 is 5.91 Å². The van der Waals surface area contributed by atoms with Crippen LogP contribution >= 0.6 is 0 Å². The molecule has 0 fully saturated rings. The number of benzene rings is 2. The highest BCUT2D eigenvalue weighted by molar-refractivity contribution is 6.52. The summed E-state index contributed by atoms with van der Waals surface area (Å²) >= 11 is 0. The topological polar surface area (TPSA) is 70.9 Å². The van der Waals surface area contributed by atoms with Gasteiger partial charge in [0.15, 0.2) is 6.67 Å². The van der Waals surface area contributed by atoms with Crippen molar-refractivity contribution in [3.8, 4) is 0 Å². The van der Waals surface area contributed by atoms with Gasteiger partial charge in [-0.05, 0) is 36.2 Å². The van der Waals surface area contributed by atoms with E-state index in [1.807, 2.05) is 44.3 Å². The fourth-order valence-electron chi connectivity index (χ4n) is 3.32. The Labute approximate surface area is 158 Å².